The number of halogens is 1. The van der Waals surface area contributed by atoms with Crippen molar-refractivity contribution in [1.82, 2.24) is 9.88 Å². The zero-order chi connectivity index (χ0) is 21.9. The highest BCUT2D eigenvalue weighted by Gasteiger charge is 2.23. The van der Waals surface area contributed by atoms with Crippen LogP contribution in [0.3, 0.4) is 0 Å². The van der Waals surface area contributed by atoms with Gasteiger partial charge < -0.3 is 9.26 Å². The minimum absolute atomic E-state index is 0.0333. The Morgan fingerprint density at radius 3 is 2.53 bits per heavy atom. The van der Waals surface area contributed by atoms with Crippen LogP contribution in [0, 0.1) is 6.92 Å². The quantitative estimate of drug-likeness (QED) is 0.516. The first kappa shape index (κ1) is 22.0. The van der Waals surface area contributed by atoms with Gasteiger partial charge in [0.15, 0.2) is 0 Å². The molecule has 0 saturated carbocycles. The van der Waals surface area contributed by atoms with Gasteiger partial charge in [0.25, 0.3) is 0 Å². The van der Waals surface area contributed by atoms with Crippen molar-refractivity contribution in [2.45, 2.75) is 25.3 Å². The molecular weight excluding hydrogens is 474 g/mol. The highest BCUT2D eigenvalue weighted by atomic mass is 79.9. The number of rotatable bonds is 7. The van der Waals surface area contributed by atoms with Crippen LogP contribution in [0.15, 0.2) is 56.4 Å². The second-order valence-electron chi connectivity index (χ2n) is 6.47. The van der Waals surface area contributed by atoms with Crippen LogP contribution < -0.4 is 14.8 Å². The molecule has 0 aliphatic carbocycles. The maximum absolute atomic E-state index is 13.0. The monoisotopic (exact) mass is 493 g/mol. The van der Waals surface area contributed by atoms with Gasteiger partial charge in [-0.15, -0.1) is 0 Å². The summed E-state index contributed by atoms with van der Waals surface area (Å²) in [4.78, 5) is 11.4. The van der Waals surface area contributed by atoms with E-state index in [1.165, 1.54) is 20.1 Å². The van der Waals surface area contributed by atoms with Crippen molar-refractivity contribution in [3.63, 3.8) is 0 Å². The highest BCUT2D eigenvalue weighted by molar-refractivity contribution is 9.10. The molecule has 2 N–H and O–H groups in total. The average molecular weight is 494 g/mol. The number of carbonyl (C=O) groups is 1. The SMILES string of the molecule is COc1ccc(-c2c(C)noc2NC(C)=O)cc1S(=O)(=O)NCc1ccc(Br)cc1. The normalized spacial score (nSPS) is 11.3. The number of amides is 1. The lowest BCUT2D eigenvalue weighted by Gasteiger charge is -2.13. The molecule has 0 aliphatic heterocycles. The van der Waals surface area contributed by atoms with Crippen molar-refractivity contribution in [2.24, 2.45) is 0 Å². The first-order valence-electron chi connectivity index (χ1n) is 8.87. The third-order valence-electron chi connectivity index (χ3n) is 4.27. The number of aryl methyl sites for hydroxylation is 1. The smallest absolute Gasteiger partial charge is 0.244 e. The van der Waals surface area contributed by atoms with Gasteiger partial charge in [0.05, 0.1) is 18.4 Å². The molecule has 3 aromatic rings. The summed E-state index contributed by atoms with van der Waals surface area (Å²) in [7, 11) is -2.50. The van der Waals surface area contributed by atoms with E-state index >= 15 is 0 Å². The number of anilines is 1. The summed E-state index contributed by atoms with van der Waals surface area (Å²) in [5.41, 5.74) is 2.33. The highest BCUT2D eigenvalue weighted by Crippen LogP contribution is 2.35. The van der Waals surface area contributed by atoms with Crippen molar-refractivity contribution >= 4 is 37.7 Å². The fourth-order valence-electron chi connectivity index (χ4n) is 2.86. The molecule has 0 saturated heterocycles. The van der Waals surface area contributed by atoms with Crippen LogP contribution in [0.4, 0.5) is 5.88 Å². The molecule has 8 nitrogen and oxygen atoms in total. The van der Waals surface area contributed by atoms with E-state index in [0.29, 0.717) is 16.8 Å². The van der Waals surface area contributed by atoms with E-state index in [-0.39, 0.29) is 29.0 Å². The van der Waals surface area contributed by atoms with Crippen LogP contribution in [-0.2, 0) is 21.4 Å². The lowest BCUT2D eigenvalue weighted by molar-refractivity contribution is -0.114. The van der Waals surface area contributed by atoms with E-state index in [1.807, 2.05) is 24.3 Å². The van der Waals surface area contributed by atoms with Crippen LogP contribution in [0.2, 0.25) is 0 Å². The number of nitrogens with zero attached hydrogens (tertiary/aromatic N) is 1. The number of carbonyl (C=O) groups excluding carboxylic acids is 1. The number of sulfonamides is 1. The Bertz CT molecular complexity index is 1170. The topological polar surface area (TPSA) is 111 Å². The minimum atomic E-state index is -3.90. The van der Waals surface area contributed by atoms with Crippen molar-refractivity contribution in [1.29, 1.82) is 0 Å². The van der Waals surface area contributed by atoms with Gasteiger partial charge in [0.1, 0.15) is 10.6 Å². The summed E-state index contributed by atoms with van der Waals surface area (Å²) in [5, 5.41) is 6.44. The van der Waals surface area contributed by atoms with Crippen LogP contribution in [-0.4, -0.2) is 26.6 Å². The third-order valence-corrected chi connectivity index (χ3v) is 6.22. The Hall–Kier alpha value is -2.69. The summed E-state index contributed by atoms with van der Waals surface area (Å²) in [6.45, 7) is 3.17. The van der Waals surface area contributed by atoms with Gasteiger partial charge in [-0.05, 0) is 42.3 Å². The predicted octanol–water partition coefficient (Wildman–Crippen LogP) is 3.86. The van der Waals surface area contributed by atoms with E-state index in [2.05, 4.69) is 31.1 Å². The number of hydrogen-bond acceptors (Lipinski definition) is 6. The van der Waals surface area contributed by atoms with Crippen molar-refractivity contribution < 1.29 is 22.5 Å². The molecule has 0 atom stereocenters. The molecule has 2 aromatic carbocycles. The fraction of sp³-hybridized carbons (Fsp3) is 0.200. The standard InChI is InChI=1S/C20H20BrN3O5S/c1-12-19(20(29-24-12)23-13(2)25)15-6-9-17(28-3)18(10-15)30(26,27)22-11-14-4-7-16(21)8-5-14/h4-10,22H,11H2,1-3H3,(H,23,25). The summed E-state index contributed by atoms with van der Waals surface area (Å²) in [5.74, 6) is 0.0125. The van der Waals surface area contributed by atoms with E-state index in [0.717, 1.165) is 10.0 Å². The number of ether oxygens (including phenoxy) is 1. The van der Waals surface area contributed by atoms with E-state index in [1.54, 1.807) is 19.1 Å². The molecule has 0 bridgehead atoms. The molecule has 10 heteroatoms. The minimum Gasteiger partial charge on any atom is -0.495 e. The maximum atomic E-state index is 13.0. The molecule has 0 unspecified atom stereocenters. The van der Waals surface area contributed by atoms with Crippen molar-refractivity contribution in [3.8, 4) is 16.9 Å². The van der Waals surface area contributed by atoms with Crippen LogP contribution >= 0.6 is 15.9 Å². The summed E-state index contributed by atoms with van der Waals surface area (Å²) < 4.78 is 40.0. The first-order valence-corrected chi connectivity index (χ1v) is 11.2. The molecule has 0 aliphatic rings. The molecule has 158 valence electrons. The Morgan fingerprint density at radius 1 is 1.20 bits per heavy atom. The van der Waals surface area contributed by atoms with E-state index in [4.69, 9.17) is 9.26 Å². The Kier molecular flexibility index (Phi) is 6.59. The van der Waals surface area contributed by atoms with Gasteiger partial charge in [0.2, 0.25) is 21.8 Å². The predicted molar refractivity (Wildman–Crippen MR) is 116 cm³/mol. The molecule has 1 heterocycles. The summed E-state index contributed by atoms with van der Waals surface area (Å²) >= 11 is 3.35. The fourth-order valence-corrected chi connectivity index (χ4v) is 4.33. The third kappa shape index (κ3) is 4.89. The number of methoxy groups -OCH3 is 1. The van der Waals surface area contributed by atoms with Gasteiger partial charge in [-0.1, -0.05) is 39.3 Å². The second kappa shape index (κ2) is 8.99. The van der Waals surface area contributed by atoms with Crippen LogP contribution in [0.1, 0.15) is 18.2 Å². The largest absolute Gasteiger partial charge is 0.495 e. The molecular formula is C20H20BrN3O5S. The van der Waals surface area contributed by atoms with Crippen molar-refractivity contribution in [3.05, 3.63) is 58.2 Å². The average Bonchev–Trinajstić information content (AvgIpc) is 3.06. The first-order chi connectivity index (χ1) is 14.2. The summed E-state index contributed by atoms with van der Waals surface area (Å²) in [6, 6.07) is 12.0. The van der Waals surface area contributed by atoms with Gasteiger partial charge in [-0.2, -0.15) is 0 Å². The van der Waals surface area contributed by atoms with E-state index in [9.17, 15) is 13.2 Å². The van der Waals surface area contributed by atoms with Gasteiger partial charge in [0, 0.05) is 17.9 Å². The van der Waals surface area contributed by atoms with Gasteiger partial charge >= 0.3 is 0 Å². The molecule has 0 radical (unpaired) electrons. The Labute approximate surface area is 182 Å². The second-order valence-corrected chi connectivity index (χ2v) is 9.12. The zero-order valence-corrected chi connectivity index (χ0v) is 18.9. The number of nitrogens with one attached hydrogen (secondary N) is 2. The zero-order valence-electron chi connectivity index (χ0n) is 16.5. The van der Waals surface area contributed by atoms with Gasteiger partial charge in [-0.3, -0.25) is 10.1 Å². The Balaban J connectivity index is 1.97. The van der Waals surface area contributed by atoms with Gasteiger partial charge in [-0.25, -0.2) is 13.1 Å². The lowest BCUT2D eigenvalue weighted by Crippen LogP contribution is -2.23. The molecule has 3 rings (SSSR count). The molecule has 30 heavy (non-hydrogen) atoms. The summed E-state index contributed by atoms with van der Waals surface area (Å²) in [6.07, 6.45) is 0. The molecule has 0 fully saturated rings. The number of benzene rings is 2. The number of aromatic nitrogens is 1. The number of hydrogen-bond donors (Lipinski definition) is 2. The van der Waals surface area contributed by atoms with E-state index < -0.39 is 10.0 Å². The molecule has 1 amide bonds. The van der Waals surface area contributed by atoms with Crippen LogP contribution in [0.5, 0.6) is 5.75 Å². The van der Waals surface area contributed by atoms with Crippen LogP contribution in [0.25, 0.3) is 11.1 Å². The van der Waals surface area contributed by atoms with Crippen molar-refractivity contribution in [2.75, 3.05) is 12.4 Å². The lowest BCUT2D eigenvalue weighted by atomic mass is 10.1. The molecule has 1 aromatic heterocycles. The molecule has 0 spiro atoms. The maximum Gasteiger partial charge on any atom is 0.244 e. The Morgan fingerprint density at radius 2 is 1.90 bits per heavy atom.